The van der Waals surface area contributed by atoms with Gasteiger partial charge in [0.25, 0.3) is 0 Å². The summed E-state index contributed by atoms with van der Waals surface area (Å²) in [5.41, 5.74) is 2.78. The summed E-state index contributed by atoms with van der Waals surface area (Å²) in [6.07, 6.45) is 0. The van der Waals surface area contributed by atoms with Crippen molar-refractivity contribution in [1.29, 1.82) is 0 Å². The first kappa shape index (κ1) is 19.6. The molecule has 0 aliphatic carbocycles. The molecule has 0 fully saturated rings. The largest absolute Gasteiger partial charge is 0.338 e. The molecule has 26 heavy (non-hydrogen) atoms. The molecule has 6 nitrogen and oxygen atoms in total. The van der Waals surface area contributed by atoms with Gasteiger partial charge in [-0.05, 0) is 29.7 Å². The average molecular weight is 375 g/mol. The van der Waals surface area contributed by atoms with Crippen molar-refractivity contribution in [3.05, 3.63) is 70.2 Å². The van der Waals surface area contributed by atoms with Crippen molar-refractivity contribution in [1.82, 2.24) is 21.3 Å². The first-order valence-electron chi connectivity index (χ1n) is 8.43. The van der Waals surface area contributed by atoms with Crippen LogP contribution in [-0.4, -0.2) is 18.6 Å². The van der Waals surface area contributed by atoms with Crippen LogP contribution in [0.15, 0.2) is 48.5 Å². The van der Waals surface area contributed by atoms with Gasteiger partial charge in [-0.25, -0.2) is 9.59 Å². The van der Waals surface area contributed by atoms with Crippen LogP contribution in [0.1, 0.15) is 23.6 Å². The van der Waals surface area contributed by atoms with E-state index in [1.807, 2.05) is 49.4 Å². The summed E-state index contributed by atoms with van der Waals surface area (Å²) in [4.78, 5) is 23.4. The number of halogens is 1. The van der Waals surface area contributed by atoms with Crippen molar-refractivity contribution < 1.29 is 9.59 Å². The number of carbonyl (C=O) groups excluding carboxylic acids is 2. The molecule has 0 aliphatic rings. The second-order valence-electron chi connectivity index (χ2n) is 5.66. The summed E-state index contributed by atoms with van der Waals surface area (Å²) >= 11 is 6.06. The SMILES string of the molecule is CCNC(=O)NCc1cccc(CNC(=O)NCc2ccccc2Cl)c1. The number of carbonyl (C=O) groups is 2. The summed E-state index contributed by atoms with van der Waals surface area (Å²) in [5, 5.41) is 11.7. The number of benzene rings is 2. The molecular weight excluding hydrogens is 352 g/mol. The zero-order valence-corrected chi connectivity index (χ0v) is 15.4. The highest BCUT2D eigenvalue weighted by molar-refractivity contribution is 6.31. The fourth-order valence-corrected chi connectivity index (χ4v) is 2.52. The Morgan fingerprint density at radius 3 is 2.00 bits per heavy atom. The highest BCUT2D eigenvalue weighted by Gasteiger charge is 2.04. The fraction of sp³-hybridized carbons (Fsp3) is 0.263. The van der Waals surface area contributed by atoms with Crippen LogP contribution in [0.2, 0.25) is 5.02 Å². The van der Waals surface area contributed by atoms with Gasteiger partial charge in [-0.1, -0.05) is 54.1 Å². The van der Waals surface area contributed by atoms with E-state index in [9.17, 15) is 9.59 Å². The molecule has 2 rings (SSSR count). The van der Waals surface area contributed by atoms with Gasteiger partial charge >= 0.3 is 12.1 Å². The van der Waals surface area contributed by atoms with E-state index >= 15 is 0 Å². The van der Waals surface area contributed by atoms with Gasteiger partial charge in [0.2, 0.25) is 0 Å². The lowest BCUT2D eigenvalue weighted by Gasteiger charge is -2.10. The number of urea groups is 2. The number of hydrogen-bond donors (Lipinski definition) is 4. The summed E-state index contributed by atoms with van der Waals surface area (Å²) in [5.74, 6) is 0. The van der Waals surface area contributed by atoms with Crippen LogP contribution in [0.5, 0.6) is 0 Å². The molecule has 0 unspecified atom stereocenters. The Hall–Kier alpha value is -2.73. The van der Waals surface area contributed by atoms with Crippen LogP contribution < -0.4 is 21.3 Å². The third-order valence-corrected chi connectivity index (χ3v) is 4.00. The molecule has 0 saturated heterocycles. The Labute approximate surface area is 158 Å². The van der Waals surface area contributed by atoms with Gasteiger partial charge in [-0.15, -0.1) is 0 Å². The molecule has 0 saturated carbocycles. The minimum atomic E-state index is -0.268. The van der Waals surface area contributed by atoms with Gasteiger partial charge < -0.3 is 21.3 Å². The Morgan fingerprint density at radius 1 is 0.808 bits per heavy atom. The van der Waals surface area contributed by atoms with E-state index in [0.29, 0.717) is 31.2 Å². The maximum absolute atomic E-state index is 11.9. The van der Waals surface area contributed by atoms with Crippen LogP contribution >= 0.6 is 11.6 Å². The molecule has 2 aromatic carbocycles. The van der Waals surface area contributed by atoms with Gasteiger partial charge in [0.1, 0.15) is 0 Å². The van der Waals surface area contributed by atoms with E-state index < -0.39 is 0 Å². The highest BCUT2D eigenvalue weighted by atomic mass is 35.5. The average Bonchev–Trinajstić information content (AvgIpc) is 2.65. The third kappa shape index (κ3) is 6.64. The lowest BCUT2D eigenvalue weighted by molar-refractivity contribution is 0.239. The molecule has 0 spiro atoms. The fourth-order valence-electron chi connectivity index (χ4n) is 2.32. The van der Waals surface area contributed by atoms with Crippen molar-refractivity contribution in [3.63, 3.8) is 0 Å². The molecule has 138 valence electrons. The van der Waals surface area contributed by atoms with Crippen molar-refractivity contribution >= 4 is 23.7 Å². The molecule has 0 aromatic heterocycles. The van der Waals surface area contributed by atoms with Crippen LogP contribution in [0.3, 0.4) is 0 Å². The third-order valence-electron chi connectivity index (χ3n) is 3.63. The first-order chi connectivity index (χ1) is 12.6. The first-order valence-corrected chi connectivity index (χ1v) is 8.81. The van der Waals surface area contributed by atoms with Gasteiger partial charge in [0, 0.05) is 31.2 Å². The van der Waals surface area contributed by atoms with E-state index in [0.717, 1.165) is 16.7 Å². The normalized spacial score (nSPS) is 10.1. The molecule has 4 N–H and O–H groups in total. The number of nitrogens with one attached hydrogen (secondary N) is 4. The second-order valence-corrected chi connectivity index (χ2v) is 6.07. The van der Waals surface area contributed by atoms with Crippen LogP contribution in [0.25, 0.3) is 0 Å². The predicted octanol–water partition coefficient (Wildman–Crippen LogP) is 3.16. The smallest absolute Gasteiger partial charge is 0.315 e. The summed E-state index contributed by atoms with van der Waals surface area (Å²) in [6.45, 7) is 3.63. The summed E-state index contributed by atoms with van der Waals surface area (Å²) < 4.78 is 0. The molecule has 0 bridgehead atoms. The summed E-state index contributed by atoms with van der Waals surface area (Å²) in [6, 6.07) is 14.6. The molecule has 0 heterocycles. The van der Waals surface area contributed by atoms with Crippen molar-refractivity contribution in [2.24, 2.45) is 0 Å². The van der Waals surface area contributed by atoms with Gasteiger partial charge in [0.05, 0.1) is 0 Å². The summed E-state index contributed by atoms with van der Waals surface area (Å²) in [7, 11) is 0. The minimum Gasteiger partial charge on any atom is -0.338 e. The van der Waals surface area contributed by atoms with Gasteiger partial charge in [-0.2, -0.15) is 0 Å². The molecule has 2 aromatic rings. The predicted molar refractivity (Wildman–Crippen MR) is 103 cm³/mol. The lowest BCUT2D eigenvalue weighted by atomic mass is 10.1. The molecule has 7 heteroatoms. The van der Waals surface area contributed by atoms with Crippen molar-refractivity contribution in [3.8, 4) is 0 Å². The molecule has 0 aliphatic heterocycles. The Morgan fingerprint density at radius 2 is 1.38 bits per heavy atom. The van der Waals surface area contributed by atoms with Gasteiger partial charge in [0.15, 0.2) is 0 Å². The molecule has 0 atom stereocenters. The maximum atomic E-state index is 11.9. The zero-order chi connectivity index (χ0) is 18.8. The topological polar surface area (TPSA) is 82.3 Å². The van der Waals surface area contributed by atoms with E-state index in [2.05, 4.69) is 21.3 Å². The second kappa shape index (κ2) is 10.3. The maximum Gasteiger partial charge on any atom is 0.315 e. The zero-order valence-electron chi connectivity index (χ0n) is 14.6. The number of amides is 4. The molecule has 0 radical (unpaired) electrons. The number of rotatable bonds is 7. The Kier molecular flexibility index (Phi) is 7.76. The molecule has 4 amide bonds. The van der Waals surface area contributed by atoms with Crippen LogP contribution in [-0.2, 0) is 19.6 Å². The van der Waals surface area contributed by atoms with E-state index in [1.165, 1.54) is 0 Å². The van der Waals surface area contributed by atoms with Crippen LogP contribution in [0, 0.1) is 0 Å². The monoisotopic (exact) mass is 374 g/mol. The Bertz CT molecular complexity index is 752. The van der Waals surface area contributed by atoms with E-state index in [-0.39, 0.29) is 12.1 Å². The molecular formula is C19H23ClN4O2. The van der Waals surface area contributed by atoms with Gasteiger partial charge in [-0.3, -0.25) is 0 Å². The van der Waals surface area contributed by atoms with Crippen molar-refractivity contribution in [2.75, 3.05) is 6.54 Å². The van der Waals surface area contributed by atoms with E-state index in [4.69, 9.17) is 11.6 Å². The van der Waals surface area contributed by atoms with Crippen molar-refractivity contribution in [2.45, 2.75) is 26.6 Å². The quantitative estimate of drug-likeness (QED) is 0.600. The standard InChI is InChI=1S/C19H23ClN4O2/c1-2-21-18(25)22-11-14-6-5-7-15(10-14)12-23-19(26)24-13-16-8-3-4-9-17(16)20/h3-10H,2,11-13H2,1H3,(H2,21,22,25)(H2,23,24,26). The lowest BCUT2D eigenvalue weighted by Crippen LogP contribution is -2.35. The highest BCUT2D eigenvalue weighted by Crippen LogP contribution is 2.14. The number of hydrogen-bond acceptors (Lipinski definition) is 2. The Balaban J connectivity index is 1.78. The minimum absolute atomic E-state index is 0.199. The van der Waals surface area contributed by atoms with Crippen LogP contribution in [0.4, 0.5) is 9.59 Å². The van der Waals surface area contributed by atoms with E-state index in [1.54, 1.807) is 6.07 Å².